The van der Waals surface area contributed by atoms with E-state index in [9.17, 15) is 0 Å². The summed E-state index contributed by atoms with van der Waals surface area (Å²) < 4.78 is 3.05. The summed E-state index contributed by atoms with van der Waals surface area (Å²) in [6.07, 6.45) is 3.93. The van der Waals surface area contributed by atoms with Crippen molar-refractivity contribution >= 4 is 27.2 Å². The van der Waals surface area contributed by atoms with E-state index in [-0.39, 0.29) is 6.04 Å². The van der Waals surface area contributed by atoms with Crippen LogP contribution in [-0.2, 0) is 7.05 Å². The maximum Gasteiger partial charge on any atom is 0.0907 e. The van der Waals surface area contributed by atoms with Crippen LogP contribution in [0.4, 0.5) is 5.69 Å². The first-order valence-electron chi connectivity index (χ1n) is 6.24. The van der Waals surface area contributed by atoms with Crippen LogP contribution >= 0.6 is 11.3 Å². The van der Waals surface area contributed by atoms with Crippen LogP contribution in [0.1, 0.15) is 23.5 Å². The molecule has 0 radical (unpaired) electrons. The zero-order chi connectivity index (χ0) is 13.4. The van der Waals surface area contributed by atoms with Crippen LogP contribution in [-0.4, -0.2) is 14.8 Å². The van der Waals surface area contributed by atoms with Crippen molar-refractivity contribution in [3.05, 3.63) is 41.2 Å². The number of nitrogens with zero attached hydrogens (tertiary/aromatic N) is 3. The SMILES string of the molecule is Cc1nc2ccc(NC(C)c3cnn(C)c3)cc2s1. The van der Waals surface area contributed by atoms with Gasteiger partial charge in [-0.05, 0) is 32.0 Å². The van der Waals surface area contributed by atoms with Crippen molar-refractivity contribution in [3.63, 3.8) is 0 Å². The number of nitrogens with one attached hydrogen (secondary N) is 1. The second-order valence-electron chi connectivity index (χ2n) is 4.73. The van der Waals surface area contributed by atoms with Gasteiger partial charge in [-0.1, -0.05) is 0 Å². The summed E-state index contributed by atoms with van der Waals surface area (Å²) in [7, 11) is 1.93. The molecule has 0 bridgehead atoms. The fraction of sp³-hybridized carbons (Fsp3) is 0.286. The molecular formula is C14H16N4S. The summed E-state index contributed by atoms with van der Waals surface area (Å²) in [4.78, 5) is 4.47. The van der Waals surface area contributed by atoms with Crippen LogP contribution < -0.4 is 5.32 Å². The van der Waals surface area contributed by atoms with Crippen LogP contribution in [0, 0.1) is 6.92 Å². The Morgan fingerprint density at radius 3 is 2.95 bits per heavy atom. The molecule has 1 aromatic carbocycles. The highest BCUT2D eigenvalue weighted by Gasteiger charge is 2.08. The normalized spacial score (nSPS) is 12.8. The summed E-state index contributed by atoms with van der Waals surface area (Å²) in [5.41, 5.74) is 3.37. The Hall–Kier alpha value is -1.88. The standard InChI is InChI=1S/C14H16N4S/c1-9(11-7-15-18(3)8-11)16-12-4-5-13-14(6-12)19-10(2)17-13/h4-9,16H,1-3H3. The third-order valence-corrected chi connectivity index (χ3v) is 4.04. The van der Waals surface area contributed by atoms with Crippen LogP contribution in [0.5, 0.6) is 0 Å². The number of hydrogen-bond acceptors (Lipinski definition) is 4. The van der Waals surface area contributed by atoms with Gasteiger partial charge in [-0.25, -0.2) is 4.98 Å². The molecule has 0 aliphatic rings. The first-order chi connectivity index (χ1) is 9.11. The van der Waals surface area contributed by atoms with Crippen molar-refractivity contribution in [2.45, 2.75) is 19.9 Å². The van der Waals surface area contributed by atoms with E-state index in [0.29, 0.717) is 0 Å². The monoisotopic (exact) mass is 272 g/mol. The number of aromatic nitrogens is 3. The van der Waals surface area contributed by atoms with Crippen LogP contribution in [0.25, 0.3) is 10.2 Å². The first kappa shape index (κ1) is 12.2. The molecule has 0 aliphatic carbocycles. The van der Waals surface area contributed by atoms with Gasteiger partial charge in [0, 0.05) is 24.5 Å². The van der Waals surface area contributed by atoms with Crippen LogP contribution in [0.3, 0.4) is 0 Å². The molecule has 0 saturated carbocycles. The fourth-order valence-electron chi connectivity index (χ4n) is 2.13. The second kappa shape index (κ2) is 4.66. The molecule has 4 nitrogen and oxygen atoms in total. The zero-order valence-corrected chi connectivity index (χ0v) is 12.0. The predicted octanol–water partition coefficient (Wildman–Crippen LogP) is 3.51. The highest BCUT2D eigenvalue weighted by Crippen LogP contribution is 2.26. The largest absolute Gasteiger partial charge is 0.378 e. The molecule has 3 aromatic rings. The van der Waals surface area contributed by atoms with Gasteiger partial charge in [-0.2, -0.15) is 5.10 Å². The lowest BCUT2D eigenvalue weighted by Gasteiger charge is -2.13. The molecule has 0 saturated heterocycles. The lowest BCUT2D eigenvalue weighted by Crippen LogP contribution is -2.05. The van der Waals surface area contributed by atoms with Gasteiger partial charge in [0.15, 0.2) is 0 Å². The van der Waals surface area contributed by atoms with E-state index in [1.165, 1.54) is 10.3 Å². The van der Waals surface area contributed by atoms with E-state index in [1.807, 2.05) is 31.0 Å². The number of anilines is 1. The highest BCUT2D eigenvalue weighted by atomic mass is 32.1. The van der Waals surface area contributed by atoms with Crippen molar-refractivity contribution in [1.82, 2.24) is 14.8 Å². The smallest absolute Gasteiger partial charge is 0.0907 e. The third kappa shape index (κ3) is 2.46. The Morgan fingerprint density at radius 1 is 1.37 bits per heavy atom. The van der Waals surface area contributed by atoms with Crippen molar-refractivity contribution in [2.24, 2.45) is 7.05 Å². The van der Waals surface area contributed by atoms with Gasteiger partial charge >= 0.3 is 0 Å². The van der Waals surface area contributed by atoms with E-state index >= 15 is 0 Å². The third-order valence-electron chi connectivity index (χ3n) is 3.10. The van der Waals surface area contributed by atoms with Gasteiger partial charge in [0.25, 0.3) is 0 Å². The van der Waals surface area contributed by atoms with Gasteiger partial charge < -0.3 is 5.32 Å². The average Bonchev–Trinajstić information content (AvgIpc) is 2.93. The van der Waals surface area contributed by atoms with E-state index in [1.54, 1.807) is 11.3 Å². The Morgan fingerprint density at radius 2 is 2.21 bits per heavy atom. The molecule has 3 rings (SSSR count). The number of fused-ring (bicyclic) bond motifs is 1. The summed E-state index contributed by atoms with van der Waals surface area (Å²) in [6.45, 7) is 4.18. The minimum absolute atomic E-state index is 0.236. The highest BCUT2D eigenvalue weighted by molar-refractivity contribution is 7.18. The molecule has 1 N–H and O–H groups in total. The number of benzene rings is 1. The molecule has 98 valence electrons. The second-order valence-corrected chi connectivity index (χ2v) is 5.96. The van der Waals surface area contributed by atoms with E-state index in [2.05, 4.69) is 40.5 Å². The Labute approximate surface area is 116 Å². The molecule has 2 aromatic heterocycles. The zero-order valence-electron chi connectivity index (χ0n) is 11.2. The quantitative estimate of drug-likeness (QED) is 0.793. The Kier molecular flexibility index (Phi) is 2.98. The summed E-state index contributed by atoms with van der Waals surface area (Å²) in [5, 5.41) is 8.80. The van der Waals surface area contributed by atoms with Crippen molar-refractivity contribution in [3.8, 4) is 0 Å². The van der Waals surface area contributed by atoms with Crippen molar-refractivity contribution in [1.29, 1.82) is 0 Å². The molecule has 5 heteroatoms. The molecule has 2 heterocycles. The Bertz CT molecular complexity index is 713. The van der Waals surface area contributed by atoms with Gasteiger partial charge in [-0.15, -0.1) is 11.3 Å². The van der Waals surface area contributed by atoms with Crippen molar-refractivity contribution < 1.29 is 0 Å². The van der Waals surface area contributed by atoms with Crippen molar-refractivity contribution in [2.75, 3.05) is 5.32 Å². The lowest BCUT2D eigenvalue weighted by atomic mass is 10.2. The first-order valence-corrected chi connectivity index (χ1v) is 7.06. The molecule has 0 amide bonds. The minimum Gasteiger partial charge on any atom is -0.378 e. The van der Waals surface area contributed by atoms with Crippen LogP contribution in [0.15, 0.2) is 30.6 Å². The van der Waals surface area contributed by atoms with Gasteiger partial charge in [0.05, 0.1) is 27.5 Å². The predicted molar refractivity (Wildman–Crippen MR) is 79.6 cm³/mol. The van der Waals surface area contributed by atoms with Gasteiger partial charge in [0.1, 0.15) is 0 Å². The van der Waals surface area contributed by atoms with E-state index in [0.717, 1.165) is 16.2 Å². The summed E-state index contributed by atoms with van der Waals surface area (Å²) >= 11 is 1.73. The molecule has 0 spiro atoms. The molecule has 1 atom stereocenters. The van der Waals surface area contributed by atoms with Crippen LogP contribution in [0.2, 0.25) is 0 Å². The topological polar surface area (TPSA) is 42.7 Å². The molecule has 0 fully saturated rings. The van der Waals surface area contributed by atoms with E-state index in [4.69, 9.17) is 0 Å². The number of thiazole rings is 1. The molecule has 1 unspecified atom stereocenters. The Balaban J connectivity index is 1.84. The number of rotatable bonds is 3. The minimum atomic E-state index is 0.236. The molecule has 19 heavy (non-hydrogen) atoms. The lowest BCUT2D eigenvalue weighted by molar-refractivity contribution is 0.765. The number of hydrogen-bond donors (Lipinski definition) is 1. The maximum absolute atomic E-state index is 4.47. The number of aryl methyl sites for hydroxylation is 2. The van der Waals surface area contributed by atoms with Gasteiger partial charge in [-0.3, -0.25) is 4.68 Å². The van der Waals surface area contributed by atoms with E-state index < -0.39 is 0 Å². The summed E-state index contributed by atoms with van der Waals surface area (Å²) in [5.74, 6) is 0. The fourth-order valence-corrected chi connectivity index (χ4v) is 2.99. The molecule has 0 aliphatic heterocycles. The van der Waals surface area contributed by atoms with Gasteiger partial charge in [0.2, 0.25) is 0 Å². The maximum atomic E-state index is 4.47. The average molecular weight is 272 g/mol. The summed E-state index contributed by atoms with van der Waals surface area (Å²) in [6, 6.07) is 6.54. The molecular weight excluding hydrogens is 256 g/mol.